The van der Waals surface area contributed by atoms with E-state index in [4.69, 9.17) is 9.47 Å². The lowest BCUT2D eigenvalue weighted by Crippen LogP contribution is -2.10. The number of para-hydroxylation sites is 1. The van der Waals surface area contributed by atoms with Crippen LogP contribution in [0.4, 0.5) is 0 Å². The van der Waals surface area contributed by atoms with Crippen molar-refractivity contribution in [2.45, 2.75) is 19.8 Å². The predicted molar refractivity (Wildman–Crippen MR) is 87.6 cm³/mol. The Balaban J connectivity index is 2.53. The van der Waals surface area contributed by atoms with Crippen LogP contribution in [0.1, 0.15) is 30.1 Å². The van der Waals surface area contributed by atoms with Crippen LogP contribution in [-0.2, 0) is 19.1 Å². The Hall–Kier alpha value is -2.89. The lowest BCUT2D eigenvalue weighted by Gasteiger charge is -2.06. The van der Waals surface area contributed by atoms with Gasteiger partial charge in [-0.05, 0) is 25.0 Å². The Bertz CT molecular complexity index is 630. The molecule has 0 heterocycles. The zero-order valence-electron chi connectivity index (χ0n) is 13.7. The van der Waals surface area contributed by atoms with Gasteiger partial charge in [-0.1, -0.05) is 31.2 Å². The van der Waals surface area contributed by atoms with Crippen molar-refractivity contribution in [3.8, 4) is 5.75 Å². The van der Waals surface area contributed by atoms with Crippen LogP contribution in [0, 0.1) is 0 Å². The van der Waals surface area contributed by atoms with Crippen LogP contribution in [0.3, 0.4) is 0 Å². The van der Waals surface area contributed by atoms with Gasteiger partial charge < -0.3 is 14.2 Å². The van der Waals surface area contributed by atoms with Crippen molar-refractivity contribution in [3.63, 3.8) is 0 Å². The number of rotatable bonds is 8. The normalized spacial score (nSPS) is 10.8. The van der Waals surface area contributed by atoms with E-state index in [0.29, 0.717) is 6.42 Å². The Kier molecular flexibility index (Phi) is 8.60. The molecule has 0 amide bonds. The summed E-state index contributed by atoms with van der Waals surface area (Å²) in [6.45, 7) is 2.25. The Morgan fingerprint density at radius 2 is 1.75 bits per heavy atom. The second-order valence-corrected chi connectivity index (χ2v) is 4.58. The molecule has 0 aliphatic heterocycles. The summed E-state index contributed by atoms with van der Waals surface area (Å²) in [6.07, 6.45) is 7.34. The number of hydrogen-bond acceptors (Lipinski definition) is 6. The van der Waals surface area contributed by atoms with Gasteiger partial charge in [-0.3, -0.25) is 0 Å². The number of esters is 3. The zero-order valence-corrected chi connectivity index (χ0v) is 13.7. The molecule has 0 saturated carbocycles. The summed E-state index contributed by atoms with van der Waals surface area (Å²) in [7, 11) is 1.23. The minimum atomic E-state index is -0.797. The third-order valence-corrected chi connectivity index (χ3v) is 2.79. The predicted octanol–water partition coefficient (Wildman–Crippen LogP) is 2.83. The summed E-state index contributed by atoms with van der Waals surface area (Å²) in [5.41, 5.74) is 0.118. The first-order valence-corrected chi connectivity index (χ1v) is 7.47. The molecule has 0 fully saturated rings. The average Bonchev–Trinajstić information content (AvgIpc) is 2.59. The van der Waals surface area contributed by atoms with Gasteiger partial charge in [0.25, 0.3) is 0 Å². The molecule has 0 bridgehead atoms. The van der Waals surface area contributed by atoms with E-state index >= 15 is 0 Å². The summed E-state index contributed by atoms with van der Waals surface area (Å²) in [4.78, 5) is 34.7. The molecule has 0 aromatic heterocycles. The third kappa shape index (κ3) is 6.91. The van der Waals surface area contributed by atoms with Crippen LogP contribution in [0.25, 0.3) is 0 Å². The van der Waals surface area contributed by atoms with Crippen LogP contribution in [0.2, 0.25) is 0 Å². The standard InChI is InChI=1S/C18H20O6/c1-3-4-5-8-13-23-16(19)11-12-17(20)24-15-10-7-6-9-14(15)18(21)22-2/h4-7,9-12H,3,8,13H2,1-2H3. The summed E-state index contributed by atoms with van der Waals surface area (Å²) >= 11 is 0. The molecule has 6 nitrogen and oxygen atoms in total. The van der Waals surface area contributed by atoms with Crippen molar-refractivity contribution >= 4 is 17.9 Å². The molecule has 0 saturated heterocycles. The van der Waals surface area contributed by atoms with E-state index in [2.05, 4.69) is 4.74 Å². The van der Waals surface area contributed by atoms with E-state index in [9.17, 15) is 14.4 Å². The van der Waals surface area contributed by atoms with Gasteiger partial charge in [-0.25, -0.2) is 14.4 Å². The van der Waals surface area contributed by atoms with E-state index in [-0.39, 0.29) is 17.9 Å². The zero-order chi connectivity index (χ0) is 17.8. The number of carbonyl (C=O) groups excluding carboxylic acids is 3. The number of allylic oxidation sites excluding steroid dienone is 1. The highest BCUT2D eigenvalue weighted by atomic mass is 16.5. The summed E-state index contributed by atoms with van der Waals surface area (Å²) in [5.74, 6) is -2.01. The Labute approximate surface area is 140 Å². The second kappa shape index (κ2) is 10.8. The van der Waals surface area contributed by atoms with Crippen LogP contribution in [0.15, 0.2) is 48.6 Å². The molecule has 24 heavy (non-hydrogen) atoms. The molecule has 1 aromatic carbocycles. The largest absolute Gasteiger partial charge is 0.465 e. The lowest BCUT2D eigenvalue weighted by atomic mass is 10.2. The number of ether oxygens (including phenoxy) is 3. The number of benzene rings is 1. The van der Waals surface area contributed by atoms with Crippen molar-refractivity contribution < 1.29 is 28.6 Å². The molecule has 6 heteroatoms. The minimum absolute atomic E-state index is 0.0528. The maximum Gasteiger partial charge on any atom is 0.341 e. The number of hydrogen-bond donors (Lipinski definition) is 0. The molecule has 1 rings (SSSR count). The smallest absolute Gasteiger partial charge is 0.341 e. The fourth-order valence-corrected chi connectivity index (χ4v) is 1.67. The number of carbonyl (C=O) groups is 3. The van der Waals surface area contributed by atoms with Crippen LogP contribution in [-0.4, -0.2) is 31.6 Å². The lowest BCUT2D eigenvalue weighted by molar-refractivity contribution is -0.138. The molecule has 0 radical (unpaired) electrons. The van der Waals surface area contributed by atoms with E-state index in [1.807, 2.05) is 19.1 Å². The molecule has 0 N–H and O–H groups in total. The molecule has 0 atom stereocenters. The minimum Gasteiger partial charge on any atom is -0.465 e. The van der Waals surface area contributed by atoms with Gasteiger partial charge in [0.05, 0.1) is 13.7 Å². The van der Waals surface area contributed by atoms with E-state index in [1.165, 1.54) is 19.2 Å². The molecule has 0 unspecified atom stereocenters. The Morgan fingerprint density at radius 1 is 1.04 bits per heavy atom. The summed E-state index contributed by atoms with van der Waals surface area (Å²) < 4.78 is 14.5. The fourth-order valence-electron chi connectivity index (χ4n) is 1.67. The second-order valence-electron chi connectivity index (χ2n) is 4.58. The van der Waals surface area contributed by atoms with Crippen molar-refractivity contribution in [2.75, 3.05) is 13.7 Å². The van der Waals surface area contributed by atoms with Gasteiger partial charge >= 0.3 is 17.9 Å². The van der Waals surface area contributed by atoms with Crippen molar-refractivity contribution in [2.24, 2.45) is 0 Å². The maximum absolute atomic E-state index is 11.7. The maximum atomic E-state index is 11.7. The molecular weight excluding hydrogens is 312 g/mol. The molecule has 1 aromatic rings. The van der Waals surface area contributed by atoms with Crippen LogP contribution >= 0.6 is 0 Å². The van der Waals surface area contributed by atoms with Gasteiger partial charge in [0.1, 0.15) is 11.3 Å². The summed E-state index contributed by atoms with van der Waals surface area (Å²) in [5, 5.41) is 0. The van der Waals surface area contributed by atoms with Gasteiger partial charge in [0.2, 0.25) is 0 Å². The number of methoxy groups -OCH3 is 1. The van der Waals surface area contributed by atoms with Gasteiger partial charge in [-0.15, -0.1) is 0 Å². The van der Waals surface area contributed by atoms with Gasteiger partial charge in [0.15, 0.2) is 0 Å². The average molecular weight is 332 g/mol. The monoisotopic (exact) mass is 332 g/mol. The van der Waals surface area contributed by atoms with Gasteiger partial charge in [0, 0.05) is 12.2 Å². The quantitative estimate of drug-likeness (QED) is 0.239. The molecule has 128 valence electrons. The summed E-state index contributed by atoms with van der Waals surface area (Å²) in [6, 6.07) is 6.15. The van der Waals surface area contributed by atoms with E-state index < -0.39 is 17.9 Å². The topological polar surface area (TPSA) is 78.9 Å². The fraction of sp³-hybridized carbons (Fsp3) is 0.278. The van der Waals surface area contributed by atoms with Crippen LogP contribution in [0.5, 0.6) is 5.75 Å². The Morgan fingerprint density at radius 3 is 2.46 bits per heavy atom. The van der Waals surface area contributed by atoms with Crippen molar-refractivity contribution in [3.05, 3.63) is 54.1 Å². The first kappa shape index (κ1) is 19.2. The highest BCUT2D eigenvalue weighted by Crippen LogP contribution is 2.19. The third-order valence-electron chi connectivity index (χ3n) is 2.79. The molecule has 0 aliphatic rings. The van der Waals surface area contributed by atoms with Crippen molar-refractivity contribution in [1.29, 1.82) is 0 Å². The van der Waals surface area contributed by atoms with E-state index in [0.717, 1.165) is 18.6 Å². The van der Waals surface area contributed by atoms with Gasteiger partial charge in [-0.2, -0.15) is 0 Å². The molecule has 0 spiro atoms. The van der Waals surface area contributed by atoms with Crippen molar-refractivity contribution in [1.82, 2.24) is 0 Å². The first-order chi connectivity index (χ1) is 11.6. The SMILES string of the molecule is CCC=CCCOC(=O)C=CC(=O)Oc1ccccc1C(=O)OC. The first-order valence-electron chi connectivity index (χ1n) is 7.47. The van der Waals surface area contributed by atoms with E-state index in [1.54, 1.807) is 12.1 Å². The highest BCUT2D eigenvalue weighted by molar-refractivity contribution is 5.96. The molecule has 0 aliphatic carbocycles. The highest BCUT2D eigenvalue weighted by Gasteiger charge is 2.14. The van der Waals surface area contributed by atoms with Crippen LogP contribution < -0.4 is 4.74 Å². The molecular formula is C18H20O6.